The van der Waals surface area contributed by atoms with Gasteiger partial charge >= 0.3 is 5.97 Å². The number of aliphatic imine (C=N–C) groups is 1. The van der Waals surface area contributed by atoms with Crippen LogP contribution in [0.25, 0.3) is 0 Å². The maximum Gasteiger partial charge on any atom is 0.341 e. The van der Waals surface area contributed by atoms with Crippen molar-refractivity contribution in [3.8, 4) is 0 Å². The van der Waals surface area contributed by atoms with Gasteiger partial charge < -0.3 is 4.74 Å². The molecule has 2 aromatic rings. The third-order valence-electron chi connectivity index (χ3n) is 3.03. The molecule has 0 bridgehead atoms. The highest BCUT2D eigenvalue weighted by molar-refractivity contribution is 9.10. The second-order valence-corrected chi connectivity index (χ2v) is 6.62. The SMILES string of the molecule is CCOC(=O)c1c(/N=C/c2cccc(Br)c2)sc(C)c1C. The van der Waals surface area contributed by atoms with Crippen LogP contribution in [0.1, 0.15) is 33.3 Å². The molecule has 0 saturated carbocycles. The highest BCUT2D eigenvalue weighted by Gasteiger charge is 2.19. The van der Waals surface area contributed by atoms with E-state index >= 15 is 0 Å². The molecule has 0 fully saturated rings. The molecule has 0 N–H and O–H groups in total. The quantitative estimate of drug-likeness (QED) is 0.561. The average Bonchev–Trinajstić information content (AvgIpc) is 2.72. The van der Waals surface area contributed by atoms with Crippen LogP contribution in [0.15, 0.2) is 33.7 Å². The largest absolute Gasteiger partial charge is 0.462 e. The van der Waals surface area contributed by atoms with E-state index in [1.54, 1.807) is 13.1 Å². The number of nitrogens with zero attached hydrogens (tertiary/aromatic N) is 1. The van der Waals surface area contributed by atoms with Crippen molar-refractivity contribution in [1.29, 1.82) is 0 Å². The Bertz CT molecular complexity index is 692. The average molecular weight is 366 g/mol. The molecule has 0 radical (unpaired) electrons. The molecule has 3 nitrogen and oxygen atoms in total. The van der Waals surface area contributed by atoms with Crippen LogP contribution in [0.3, 0.4) is 0 Å². The molecule has 0 saturated heterocycles. The van der Waals surface area contributed by atoms with E-state index < -0.39 is 0 Å². The minimum absolute atomic E-state index is 0.305. The first-order valence-corrected chi connectivity index (χ1v) is 8.20. The summed E-state index contributed by atoms with van der Waals surface area (Å²) in [5.74, 6) is -0.305. The zero-order valence-corrected chi connectivity index (χ0v) is 14.5. The standard InChI is InChI=1S/C16H16BrNO2S/c1-4-20-16(19)14-10(2)11(3)21-15(14)18-9-12-6-5-7-13(17)8-12/h5-9H,4H2,1-3H3/b18-9+. The maximum atomic E-state index is 12.1. The van der Waals surface area contributed by atoms with Gasteiger partial charge in [0.2, 0.25) is 0 Å². The number of ether oxygens (including phenoxy) is 1. The maximum absolute atomic E-state index is 12.1. The summed E-state index contributed by atoms with van der Waals surface area (Å²) in [4.78, 5) is 17.6. The van der Waals surface area contributed by atoms with E-state index in [1.165, 1.54) is 11.3 Å². The normalized spacial score (nSPS) is 11.0. The molecule has 0 aliphatic carbocycles. The van der Waals surface area contributed by atoms with Crippen molar-refractivity contribution >= 4 is 44.5 Å². The van der Waals surface area contributed by atoms with Gasteiger partial charge in [0.15, 0.2) is 0 Å². The molecule has 0 spiro atoms. The molecule has 5 heteroatoms. The van der Waals surface area contributed by atoms with Gasteiger partial charge in [0.05, 0.1) is 12.2 Å². The van der Waals surface area contributed by atoms with Crippen LogP contribution >= 0.6 is 27.3 Å². The van der Waals surface area contributed by atoms with E-state index in [1.807, 2.05) is 38.1 Å². The van der Waals surface area contributed by atoms with Gasteiger partial charge in [0, 0.05) is 15.6 Å². The summed E-state index contributed by atoms with van der Waals surface area (Å²) in [6.07, 6.45) is 1.76. The molecule has 0 amide bonds. The van der Waals surface area contributed by atoms with E-state index in [2.05, 4.69) is 20.9 Å². The number of hydrogen-bond donors (Lipinski definition) is 0. The Morgan fingerprint density at radius 3 is 2.86 bits per heavy atom. The van der Waals surface area contributed by atoms with Crippen LogP contribution in [-0.4, -0.2) is 18.8 Å². The zero-order chi connectivity index (χ0) is 15.4. The Morgan fingerprint density at radius 2 is 2.19 bits per heavy atom. The van der Waals surface area contributed by atoms with Gasteiger partial charge in [-0.1, -0.05) is 28.1 Å². The lowest BCUT2D eigenvalue weighted by atomic mass is 10.1. The number of aryl methyl sites for hydroxylation is 1. The van der Waals surface area contributed by atoms with E-state index in [-0.39, 0.29) is 5.97 Å². The molecule has 0 unspecified atom stereocenters. The Balaban J connectivity index is 2.36. The zero-order valence-electron chi connectivity index (χ0n) is 12.1. The van der Waals surface area contributed by atoms with Gasteiger partial charge in [-0.25, -0.2) is 9.79 Å². The van der Waals surface area contributed by atoms with E-state index in [4.69, 9.17) is 4.74 Å². The summed E-state index contributed by atoms with van der Waals surface area (Å²) in [6.45, 7) is 6.08. The monoisotopic (exact) mass is 365 g/mol. The predicted octanol–water partition coefficient (Wildman–Crippen LogP) is 5.05. The Kier molecular flexibility index (Phi) is 5.31. The van der Waals surface area contributed by atoms with Gasteiger partial charge in [-0.2, -0.15) is 0 Å². The van der Waals surface area contributed by atoms with Crippen molar-refractivity contribution in [1.82, 2.24) is 0 Å². The van der Waals surface area contributed by atoms with Gasteiger partial charge in [-0.15, -0.1) is 11.3 Å². The van der Waals surface area contributed by atoms with Crippen LogP contribution in [0.4, 0.5) is 5.00 Å². The summed E-state index contributed by atoms with van der Waals surface area (Å²) in [5, 5.41) is 0.698. The smallest absolute Gasteiger partial charge is 0.341 e. The fraction of sp³-hybridized carbons (Fsp3) is 0.250. The first-order valence-electron chi connectivity index (χ1n) is 6.59. The molecule has 2 rings (SSSR count). The third kappa shape index (κ3) is 3.80. The molecule has 0 aliphatic heterocycles. The molecule has 110 valence electrons. The Hall–Kier alpha value is -1.46. The van der Waals surface area contributed by atoms with Crippen LogP contribution in [0.5, 0.6) is 0 Å². The van der Waals surface area contributed by atoms with Crippen molar-refractivity contribution in [2.24, 2.45) is 4.99 Å². The minimum atomic E-state index is -0.305. The highest BCUT2D eigenvalue weighted by Crippen LogP contribution is 2.35. The first-order chi connectivity index (χ1) is 10.0. The van der Waals surface area contributed by atoms with Crippen LogP contribution in [-0.2, 0) is 4.74 Å². The minimum Gasteiger partial charge on any atom is -0.462 e. The number of hydrogen-bond acceptors (Lipinski definition) is 4. The molecule has 0 aliphatic rings. The fourth-order valence-corrected chi connectivity index (χ4v) is 3.27. The first kappa shape index (κ1) is 15.9. The number of thiophene rings is 1. The van der Waals surface area contributed by atoms with Crippen LogP contribution in [0, 0.1) is 13.8 Å². The predicted molar refractivity (Wildman–Crippen MR) is 91.1 cm³/mol. The van der Waals surface area contributed by atoms with Gasteiger partial charge in [0.1, 0.15) is 5.00 Å². The van der Waals surface area contributed by atoms with Crippen molar-refractivity contribution in [2.45, 2.75) is 20.8 Å². The lowest BCUT2D eigenvalue weighted by Crippen LogP contribution is -2.05. The van der Waals surface area contributed by atoms with Gasteiger partial charge in [-0.3, -0.25) is 0 Å². The lowest BCUT2D eigenvalue weighted by molar-refractivity contribution is 0.0527. The van der Waals surface area contributed by atoms with Crippen LogP contribution in [0.2, 0.25) is 0 Å². The summed E-state index contributed by atoms with van der Waals surface area (Å²) < 4.78 is 6.12. The topological polar surface area (TPSA) is 38.7 Å². The molecule has 1 aromatic carbocycles. The van der Waals surface area contributed by atoms with Gasteiger partial charge in [-0.05, 0) is 44.0 Å². The second-order valence-electron chi connectivity index (χ2n) is 4.50. The Labute approximate surface area is 136 Å². The molecule has 0 atom stereocenters. The molecular formula is C16H16BrNO2S. The van der Waals surface area contributed by atoms with Crippen LogP contribution < -0.4 is 0 Å². The van der Waals surface area contributed by atoms with Crippen molar-refractivity contribution in [3.05, 3.63) is 50.3 Å². The fourth-order valence-electron chi connectivity index (χ4n) is 1.86. The van der Waals surface area contributed by atoms with E-state index in [9.17, 15) is 4.79 Å². The van der Waals surface area contributed by atoms with E-state index in [0.717, 1.165) is 20.5 Å². The number of halogens is 1. The molecule has 1 aromatic heterocycles. The summed E-state index contributed by atoms with van der Waals surface area (Å²) >= 11 is 4.94. The third-order valence-corrected chi connectivity index (χ3v) is 4.63. The number of carbonyl (C=O) groups excluding carboxylic acids is 1. The van der Waals surface area contributed by atoms with E-state index in [0.29, 0.717) is 17.2 Å². The number of rotatable bonds is 4. The number of carbonyl (C=O) groups is 1. The van der Waals surface area contributed by atoms with Crippen molar-refractivity contribution in [3.63, 3.8) is 0 Å². The van der Waals surface area contributed by atoms with Crippen molar-refractivity contribution < 1.29 is 9.53 Å². The van der Waals surface area contributed by atoms with Crippen molar-refractivity contribution in [2.75, 3.05) is 6.61 Å². The molecular weight excluding hydrogens is 350 g/mol. The number of esters is 1. The molecule has 1 heterocycles. The lowest BCUT2D eigenvalue weighted by Gasteiger charge is -2.02. The summed E-state index contributed by atoms with van der Waals surface area (Å²) in [6, 6.07) is 7.84. The summed E-state index contributed by atoms with van der Waals surface area (Å²) in [7, 11) is 0. The highest BCUT2D eigenvalue weighted by atomic mass is 79.9. The molecule has 21 heavy (non-hydrogen) atoms. The second kappa shape index (κ2) is 7.00. The van der Waals surface area contributed by atoms with Gasteiger partial charge in [0.25, 0.3) is 0 Å². The number of benzene rings is 1. The summed E-state index contributed by atoms with van der Waals surface area (Å²) in [5.41, 5.74) is 2.49. The Morgan fingerprint density at radius 1 is 1.43 bits per heavy atom.